The lowest BCUT2D eigenvalue weighted by Crippen LogP contribution is -2.14. The summed E-state index contributed by atoms with van der Waals surface area (Å²) in [5.41, 5.74) is 0.648. The summed E-state index contributed by atoms with van der Waals surface area (Å²) in [5.74, 6) is -0.454. The zero-order valence-corrected chi connectivity index (χ0v) is 13.0. The van der Waals surface area contributed by atoms with Crippen LogP contribution in [0.25, 0.3) is 0 Å². The first-order valence-electron chi connectivity index (χ1n) is 4.92. The van der Waals surface area contributed by atoms with Crippen LogP contribution >= 0.6 is 50.7 Å². The van der Waals surface area contributed by atoms with E-state index in [2.05, 4.69) is 31.4 Å². The summed E-state index contributed by atoms with van der Waals surface area (Å²) in [6.45, 7) is 0. The summed E-state index contributed by atoms with van der Waals surface area (Å²) in [7, 11) is 0. The predicted octanol–water partition coefficient (Wildman–Crippen LogP) is 4.45. The van der Waals surface area contributed by atoms with Gasteiger partial charge in [0.15, 0.2) is 10.3 Å². The summed E-state index contributed by atoms with van der Waals surface area (Å²) < 4.78 is 0.689. The normalized spacial score (nSPS) is 10.3. The molecule has 0 aliphatic carbocycles. The minimum absolute atomic E-state index is 0.0277. The van der Waals surface area contributed by atoms with Gasteiger partial charge in [0.1, 0.15) is 0 Å². The van der Waals surface area contributed by atoms with Crippen LogP contribution < -0.4 is 5.32 Å². The first kappa shape index (κ1) is 14.5. The van der Waals surface area contributed by atoms with Gasteiger partial charge < -0.3 is 5.32 Å². The number of benzene rings is 1. The van der Waals surface area contributed by atoms with E-state index in [0.29, 0.717) is 15.2 Å². The molecular weight excluding hydrogens is 376 g/mol. The lowest BCUT2D eigenvalue weighted by atomic mass is 10.2. The highest BCUT2D eigenvalue weighted by atomic mass is 79.9. The quantitative estimate of drug-likeness (QED) is 0.836. The van der Waals surface area contributed by atoms with Crippen molar-refractivity contribution in [1.82, 2.24) is 10.2 Å². The minimum Gasteiger partial charge on any atom is -0.321 e. The van der Waals surface area contributed by atoms with Crippen LogP contribution in [0.2, 0.25) is 15.3 Å². The first-order valence-corrected chi connectivity index (χ1v) is 6.85. The van der Waals surface area contributed by atoms with Crippen LogP contribution in [0.15, 0.2) is 28.7 Å². The monoisotopic (exact) mass is 379 g/mol. The van der Waals surface area contributed by atoms with Crippen molar-refractivity contribution in [3.8, 4) is 0 Å². The van der Waals surface area contributed by atoms with Crippen LogP contribution in [0, 0.1) is 0 Å². The summed E-state index contributed by atoms with van der Waals surface area (Å²) in [4.78, 5) is 12.1. The van der Waals surface area contributed by atoms with Crippen LogP contribution in [0.1, 0.15) is 10.4 Å². The van der Waals surface area contributed by atoms with E-state index in [1.54, 1.807) is 18.2 Å². The fraction of sp³-hybridized carbons (Fsp3) is 0. The van der Waals surface area contributed by atoms with E-state index in [4.69, 9.17) is 34.8 Å². The molecule has 0 unspecified atom stereocenters. The Morgan fingerprint density at radius 1 is 1.16 bits per heavy atom. The zero-order chi connectivity index (χ0) is 14.0. The second kappa shape index (κ2) is 6.05. The van der Waals surface area contributed by atoms with Crippen molar-refractivity contribution in [3.63, 3.8) is 0 Å². The van der Waals surface area contributed by atoms with Crippen molar-refractivity contribution in [2.45, 2.75) is 0 Å². The maximum atomic E-state index is 12.1. The molecule has 0 spiro atoms. The highest BCUT2D eigenvalue weighted by Crippen LogP contribution is 2.27. The van der Waals surface area contributed by atoms with Gasteiger partial charge in [-0.15, -0.1) is 10.2 Å². The molecule has 0 aliphatic rings. The molecule has 19 heavy (non-hydrogen) atoms. The smallest absolute Gasteiger partial charge is 0.259 e. The fourth-order valence-corrected chi connectivity index (χ4v) is 2.14. The molecule has 1 aromatic heterocycles. The number of amides is 1. The van der Waals surface area contributed by atoms with Gasteiger partial charge in [0.05, 0.1) is 11.3 Å². The molecule has 0 aliphatic heterocycles. The molecule has 0 saturated carbocycles. The molecule has 1 heterocycles. The summed E-state index contributed by atoms with van der Waals surface area (Å²) in [6, 6.07) is 6.36. The molecule has 1 N–H and O–H groups in total. The number of hydrogen-bond acceptors (Lipinski definition) is 3. The standard InChI is InChI=1S/C11H5BrCl3N3O/c12-7-2-1-5(13)3-8(7)16-11(19)6-4-9(14)17-18-10(6)15/h1-4H,(H,16,19). The van der Waals surface area contributed by atoms with Crippen molar-refractivity contribution < 1.29 is 4.79 Å². The van der Waals surface area contributed by atoms with Gasteiger partial charge in [-0.3, -0.25) is 4.79 Å². The SMILES string of the molecule is O=C(Nc1cc(Cl)ccc1Br)c1cc(Cl)nnc1Cl. The Morgan fingerprint density at radius 2 is 1.89 bits per heavy atom. The topological polar surface area (TPSA) is 54.9 Å². The van der Waals surface area contributed by atoms with Crippen LogP contribution in [0.4, 0.5) is 5.69 Å². The number of carbonyl (C=O) groups excluding carboxylic acids is 1. The molecule has 0 bridgehead atoms. The maximum absolute atomic E-state index is 12.1. The van der Waals surface area contributed by atoms with Gasteiger partial charge in [0.25, 0.3) is 5.91 Å². The molecule has 2 aromatic rings. The van der Waals surface area contributed by atoms with E-state index in [-0.39, 0.29) is 15.9 Å². The Morgan fingerprint density at radius 3 is 2.63 bits per heavy atom. The molecule has 1 aromatic carbocycles. The fourth-order valence-electron chi connectivity index (χ4n) is 1.30. The lowest BCUT2D eigenvalue weighted by molar-refractivity contribution is 0.102. The Labute approximate surface area is 132 Å². The molecule has 0 fully saturated rings. The van der Waals surface area contributed by atoms with Gasteiger partial charge in [-0.2, -0.15) is 0 Å². The van der Waals surface area contributed by atoms with Crippen molar-refractivity contribution in [2.75, 3.05) is 5.32 Å². The highest BCUT2D eigenvalue weighted by molar-refractivity contribution is 9.10. The predicted molar refractivity (Wildman–Crippen MR) is 79.2 cm³/mol. The highest BCUT2D eigenvalue weighted by Gasteiger charge is 2.14. The largest absolute Gasteiger partial charge is 0.321 e. The Balaban J connectivity index is 2.30. The van der Waals surface area contributed by atoms with Crippen LogP contribution in [0.3, 0.4) is 0 Å². The van der Waals surface area contributed by atoms with E-state index in [1.165, 1.54) is 6.07 Å². The van der Waals surface area contributed by atoms with Crippen molar-refractivity contribution in [2.24, 2.45) is 0 Å². The number of carbonyl (C=O) groups is 1. The van der Waals surface area contributed by atoms with Crippen molar-refractivity contribution in [1.29, 1.82) is 0 Å². The van der Waals surface area contributed by atoms with E-state index in [9.17, 15) is 4.79 Å². The summed E-state index contributed by atoms with van der Waals surface area (Å²) in [5, 5.41) is 10.3. The number of rotatable bonds is 2. The minimum atomic E-state index is -0.454. The average Bonchev–Trinajstić information content (AvgIpc) is 2.36. The third-order valence-electron chi connectivity index (χ3n) is 2.14. The molecule has 0 saturated heterocycles. The molecule has 1 amide bonds. The summed E-state index contributed by atoms with van der Waals surface area (Å²) in [6.07, 6.45) is 0. The van der Waals surface area contributed by atoms with Gasteiger partial charge >= 0.3 is 0 Å². The number of nitrogens with one attached hydrogen (secondary N) is 1. The Hall–Kier alpha value is -0.880. The second-order valence-corrected chi connectivity index (χ2v) is 5.49. The number of halogens is 4. The third kappa shape index (κ3) is 3.57. The Bertz CT molecular complexity index is 651. The van der Waals surface area contributed by atoms with Crippen molar-refractivity contribution in [3.05, 3.63) is 49.6 Å². The average molecular weight is 381 g/mol. The first-order chi connectivity index (χ1) is 8.97. The van der Waals surface area contributed by atoms with Gasteiger partial charge in [-0.1, -0.05) is 34.8 Å². The molecule has 0 radical (unpaired) electrons. The molecular formula is C11H5BrCl3N3O. The number of aromatic nitrogens is 2. The van der Waals surface area contributed by atoms with Gasteiger partial charge in [-0.05, 0) is 40.2 Å². The van der Waals surface area contributed by atoms with Crippen LogP contribution in [-0.2, 0) is 0 Å². The van der Waals surface area contributed by atoms with E-state index in [0.717, 1.165) is 0 Å². The molecule has 0 atom stereocenters. The maximum Gasteiger partial charge on any atom is 0.259 e. The second-order valence-electron chi connectivity index (χ2n) is 3.45. The van der Waals surface area contributed by atoms with E-state index in [1.807, 2.05) is 0 Å². The lowest BCUT2D eigenvalue weighted by Gasteiger charge is -2.08. The van der Waals surface area contributed by atoms with Gasteiger partial charge in [0, 0.05) is 9.50 Å². The number of hydrogen-bond donors (Lipinski definition) is 1. The van der Waals surface area contributed by atoms with E-state index >= 15 is 0 Å². The Kier molecular flexibility index (Phi) is 4.62. The van der Waals surface area contributed by atoms with Gasteiger partial charge in [-0.25, -0.2) is 0 Å². The molecule has 8 heteroatoms. The van der Waals surface area contributed by atoms with Crippen LogP contribution in [-0.4, -0.2) is 16.1 Å². The number of anilines is 1. The summed E-state index contributed by atoms with van der Waals surface area (Å²) >= 11 is 20.6. The van der Waals surface area contributed by atoms with Crippen molar-refractivity contribution >= 4 is 62.3 Å². The molecule has 4 nitrogen and oxygen atoms in total. The zero-order valence-electron chi connectivity index (χ0n) is 9.12. The van der Waals surface area contributed by atoms with Crippen LogP contribution in [0.5, 0.6) is 0 Å². The van der Waals surface area contributed by atoms with E-state index < -0.39 is 5.91 Å². The third-order valence-corrected chi connectivity index (χ3v) is 3.53. The molecule has 2 rings (SSSR count). The molecule has 98 valence electrons. The number of nitrogens with zero attached hydrogens (tertiary/aromatic N) is 2. The van der Waals surface area contributed by atoms with Gasteiger partial charge in [0.2, 0.25) is 0 Å².